The third kappa shape index (κ3) is 3.94. The number of hydrogen-bond donors (Lipinski definition) is 2. The Morgan fingerprint density at radius 3 is 2.27 bits per heavy atom. The molecule has 0 aliphatic carbocycles. The van der Waals surface area contributed by atoms with Gasteiger partial charge in [-0.1, -0.05) is 0 Å². The van der Waals surface area contributed by atoms with Crippen molar-refractivity contribution in [3.63, 3.8) is 0 Å². The Balaban J connectivity index is 3.03. The minimum absolute atomic E-state index is 0.00596. The number of primary amides is 1. The summed E-state index contributed by atoms with van der Waals surface area (Å²) in [7, 11) is 1.29. The summed E-state index contributed by atoms with van der Waals surface area (Å²) >= 11 is 0. The first kappa shape index (κ1) is 17.9. The number of Topliss-reactive ketones (excluding diaryl/α,β-unsaturated/α-hetero) is 1. The first-order valence-electron chi connectivity index (χ1n) is 7.02. The lowest BCUT2D eigenvalue weighted by atomic mass is 10.1. The Morgan fingerprint density at radius 1 is 1.23 bits per heavy atom. The number of aromatic amines is 1. The number of nitrogens with one attached hydrogen (secondary N) is 1. The number of rotatable bonds is 7. The number of aryl methyl sites for hydroxylation is 1. The maximum atomic E-state index is 12.5. The van der Waals surface area contributed by atoms with E-state index in [1.54, 1.807) is 18.7 Å². The Morgan fingerprint density at radius 2 is 1.82 bits per heavy atom. The van der Waals surface area contributed by atoms with Gasteiger partial charge in [0.1, 0.15) is 0 Å². The number of nitrogens with two attached hydrogens (primary N) is 1. The molecule has 0 fully saturated rings. The fourth-order valence-electron chi connectivity index (χ4n) is 2.32. The predicted molar refractivity (Wildman–Crippen MR) is 81.8 cm³/mol. The summed E-state index contributed by atoms with van der Waals surface area (Å²) in [4.78, 5) is 39.9. The van der Waals surface area contributed by atoms with Crippen molar-refractivity contribution >= 4 is 17.7 Å². The molecule has 122 valence electrons. The van der Waals surface area contributed by atoms with Gasteiger partial charge in [0.2, 0.25) is 5.91 Å². The summed E-state index contributed by atoms with van der Waals surface area (Å²) in [6.07, 6.45) is 0. The van der Waals surface area contributed by atoms with Crippen LogP contribution in [0.15, 0.2) is 0 Å². The molecule has 0 atom stereocenters. The molecule has 0 unspecified atom stereocenters. The van der Waals surface area contributed by atoms with Crippen molar-refractivity contribution in [3.05, 3.63) is 22.5 Å². The van der Waals surface area contributed by atoms with E-state index in [1.165, 1.54) is 7.11 Å². The second-order valence-corrected chi connectivity index (χ2v) is 5.50. The maximum Gasteiger partial charge on any atom is 0.339 e. The SMILES string of the molecule is COC(=O)c1c(C)[nH]c(C(=O)CN(CC(N)=O)C(C)C)c1C. The molecule has 0 saturated heterocycles. The van der Waals surface area contributed by atoms with Crippen molar-refractivity contribution in [2.75, 3.05) is 20.2 Å². The molecule has 7 heteroatoms. The van der Waals surface area contributed by atoms with E-state index in [1.807, 2.05) is 13.8 Å². The Labute approximate surface area is 129 Å². The average Bonchev–Trinajstić information content (AvgIpc) is 2.72. The minimum atomic E-state index is -0.490. The number of hydrogen-bond acceptors (Lipinski definition) is 5. The number of ether oxygens (including phenoxy) is 1. The molecule has 1 aromatic rings. The summed E-state index contributed by atoms with van der Waals surface area (Å²) in [6.45, 7) is 7.20. The van der Waals surface area contributed by atoms with Gasteiger partial charge in [-0.05, 0) is 33.3 Å². The first-order valence-corrected chi connectivity index (χ1v) is 7.02. The molecule has 1 heterocycles. The van der Waals surface area contributed by atoms with Gasteiger partial charge in [0.25, 0.3) is 0 Å². The Bertz CT molecular complexity index is 590. The van der Waals surface area contributed by atoms with Gasteiger partial charge in [0.05, 0.1) is 31.5 Å². The molecule has 0 spiro atoms. The standard InChI is InChI=1S/C15H23N3O4/c1-8(2)18(7-12(16)20)6-11(19)14-9(3)13(10(4)17-14)15(21)22-5/h8,17H,6-7H2,1-5H3,(H2,16,20). The van der Waals surface area contributed by atoms with E-state index in [0.717, 1.165) is 0 Å². The van der Waals surface area contributed by atoms with Gasteiger partial charge in [-0.3, -0.25) is 14.5 Å². The van der Waals surface area contributed by atoms with Gasteiger partial charge in [-0.25, -0.2) is 4.79 Å². The highest BCUT2D eigenvalue weighted by Gasteiger charge is 2.24. The van der Waals surface area contributed by atoms with Crippen LogP contribution in [0.5, 0.6) is 0 Å². The highest BCUT2D eigenvalue weighted by atomic mass is 16.5. The topological polar surface area (TPSA) is 105 Å². The van der Waals surface area contributed by atoms with E-state index < -0.39 is 11.9 Å². The van der Waals surface area contributed by atoms with Gasteiger partial charge >= 0.3 is 5.97 Å². The second kappa shape index (κ2) is 7.22. The number of amides is 1. The van der Waals surface area contributed by atoms with Crippen molar-refractivity contribution in [2.24, 2.45) is 5.73 Å². The van der Waals surface area contributed by atoms with Crippen LogP contribution in [-0.2, 0) is 9.53 Å². The molecule has 7 nitrogen and oxygen atoms in total. The van der Waals surface area contributed by atoms with Crippen molar-refractivity contribution in [3.8, 4) is 0 Å². The van der Waals surface area contributed by atoms with E-state index in [4.69, 9.17) is 10.5 Å². The highest BCUT2D eigenvalue weighted by molar-refractivity contribution is 6.02. The van der Waals surface area contributed by atoms with Gasteiger partial charge in [-0.15, -0.1) is 0 Å². The van der Waals surface area contributed by atoms with Crippen LogP contribution in [0.2, 0.25) is 0 Å². The maximum absolute atomic E-state index is 12.5. The fraction of sp³-hybridized carbons (Fsp3) is 0.533. The van der Waals surface area contributed by atoms with Crippen LogP contribution in [0, 0.1) is 13.8 Å². The molecule has 1 amide bonds. The number of aromatic nitrogens is 1. The Kier molecular flexibility index (Phi) is 5.87. The zero-order chi connectivity index (χ0) is 17.0. The fourth-order valence-corrected chi connectivity index (χ4v) is 2.32. The number of ketones is 1. The average molecular weight is 309 g/mol. The van der Waals surface area contributed by atoms with Gasteiger partial charge in [-0.2, -0.15) is 0 Å². The molecule has 1 aromatic heterocycles. The van der Waals surface area contributed by atoms with Crippen LogP contribution >= 0.6 is 0 Å². The summed E-state index contributed by atoms with van der Waals surface area (Å²) < 4.78 is 4.72. The van der Waals surface area contributed by atoms with Gasteiger partial charge in [0.15, 0.2) is 5.78 Å². The van der Waals surface area contributed by atoms with Crippen molar-refractivity contribution < 1.29 is 19.1 Å². The number of carbonyl (C=O) groups is 3. The number of carbonyl (C=O) groups excluding carboxylic acids is 3. The molecular weight excluding hydrogens is 286 g/mol. The molecule has 0 saturated carbocycles. The highest BCUT2D eigenvalue weighted by Crippen LogP contribution is 2.19. The molecule has 0 aliphatic rings. The van der Waals surface area contributed by atoms with Crippen LogP contribution < -0.4 is 5.73 Å². The zero-order valence-electron chi connectivity index (χ0n) is 13.6. The molecule has 22 heavy (non-hydrogen) atoms. The molecule has 1 rings (SSSR count). The zero-order valence-corrected chi connectivity index (χ0v) is 13.6. The summed E-state index contributed by atoms with van der Waals surface area (Å²) in [5, 5.41) is 0. The summed E-state index contributed by atoms with van der Waals surface area (Å²) in [5.41, 5.74) is 7.06. The smallest absolute Gasteiger partial charge is 0.339 e. The number of methoxy groups -OCH3 is 1. The normalized spacial score (nSPS) is 11.0. The predicted octanol–water partition coefficient (Wildman–Crippen LogP) is 0.797. The van der Waals surface area contributed by atoms with Gasteiger partial charge < -0.3 is 15.5 Å². The van der Waals surface area contributed by atoms with Crippen molar-refractivity contribution in [1.29, 1.82) is 0 Å². The monoisotopic (exact) mass is 309 g/mol. The van der Waals surface area contributed by atoms with E-state index in [0.29, 0.717) is 22.5 Å². The van der Waals surface area contributed by atoms with Crippen LogP contribution in [0.4, 0.5) is 0 Å². The van der Waals surface area contributed by atoms with E-state index in [9.17, 15) is 14.4 Å². The van der Waals surface area contributed by atoms with Crippen LogP contribution in [-0.4, -0.2) is 53.8 Å². The third-order valence-corrected chi connectivity index (χ3v) is 3.54. The first-order chi connectivity index (χ1) is 10.2. The molecule has 0 aliphatic heterocycles. The molecule has 0 bridgehead atoms. The summed E-state index contributed by atoms with van der Waals surface area (Å²) in [6, 6.07) is -0.00658. The quantitative estimate of drug-likeness (QED) is 0.572. The lowest BCUT2D eigenvalue weighted by Crippen LogP contribution is -2.41. The number of H-pyrrole nitrogens is 1. The van der Waals surface area contributed by atoms with Crippen LogP contribution in [0.25, 0.3) is 0 Å². The Hall–Kier alpha value is -2.15. The van der Waals surface area contributed by atoms with Gasteiger partial charge in [0, 0.05) is 11.7 Å². The van der Waals surface area contributed by atoms with E-state index in [-0.39, 0.29) is 24.9 Å². The minimum Gasteiger partial charge on any atom is -0.465 e. The lowest BCUT2D eigenvalue weighted by Gasteiger charge is -2.23. The second-order valence-electron chi connectivity index (χ2n) is 5.50. The molecule has 3 N–H and O–H groups in total. The van der Waals surface area contributed by atoms with Crippen molar-refractivity contribution in [2.45, 2.75) is 33.7 Å². The number of esters is 1. The molecular formula is C15H23N3O4. The largest absolute Gasteiger partial charge is 0.465 e. The van der Waals surface area contributed by atoms with Crippen molar-refractivity contribution in [1.82, 2.24) is 9.88 Å². The van der Waals surface area contributed by atoms with E-state index in [2.05, 4.69) is 4.98 Å². The molecule has 0 radical (unpaired) electrons. The summed E-state index contributed by atoms with van der Waals surface area (Å²) in [5.74, 6) is -1.18. The number of nitrogens with zero attached hydrogens (tertiary/aromatic N) is 1. The van der Waals surface area contributed by atoms with E-state index >= 15 is 0 Å². The molecule has 0 aromatic carbocycles. The third-order valence-electron chi connectivity index (χ3n) is 3.54. The lowest BCUT2D eigenvalue weighted by molar-refractivity contribution is -0.119. The van der Waals surface area contributed by atoms with Crippen LogP contribution in [0.1, 0.15) is 46.0 Å². The van der Waals surface area contributed by atoms with Crippen LogP contribution in [0.3, 0.4) is 0 Å².